The van der Waals surface area contributed by atoms with Gasteiger partial charge in [0.05, 0.1) is 12.1 Å². The summed E-state index contributed by atoms with van der Waals surface area (Å²) in [5.41, 5.74) is 9.95. The van der Waals surface area contributed by atoms with Crippen molar-refractivity contribution in [1.82, 2.24) is 5.48 Å². The van der Waals surface area contributed by atoms with Crippen LogP contribution in [0.1, 0.15) is 44.2 Å². The molecule has 0 aliphatic heterocycles. The van der Waals surface area contributed by atoms with Crippen molar-refractivity contribution in [2.45, 2.75) is 44.8 Å². The minimum atomic E-state index is -0.552. The van der Waals surface area contributed by atoms with Crippen LogP contribution in [0.15, 0.2) is 24.3 Å². The number of carbonyl (C=O) groups is 1. The van der Waals surface area contributed by atoms with Gasteiger partial charge in [0, 0.05) is 5.69 Å². The predicted octanol–water partition coefficient (Wildman–Crippen LogP) is 2.70. The first-order valence-corrected chi connectivity index (χ1v) is 6.73. The van der Waals surface area contributed by atoms with Crippen LogP contribution in [-0.2, 0) is 4.84 Å². The van der Waals surface area contributed by atoms with Crippen molar-refractivity contribution in [2.75, 3.05) is 5.32 Å². The molecule has 2 amide bonds. The van der Waals surface area contributed by atoms with Crippen molar-refractivity contribution < 1.29 is 9.63 Å². The molecule has 0 spiro atoms. The molecular formula is C14H21N3O2. The van der Waals surface area contributed by atoms with E-state index in [9.17, 15) is 4.79 Å². The molecule has 0 bridgehead atoms. The van der Waals surface area contributed by atoms with E-state index in [1.807, 2.05) is 31.2 Å². The summed E-state index contributed by atoms with van der Waals surface area (Å²) in [4.78, 5) is 16.4. The van der Waals surface area contributed by atoms with E-state index >= 15 is 0 Å². The summed E-state index contributed by atoms with van der Waals surface area (Å²) in [6.07, 6.45) is 5.14. The van der Waals surface area contributed by atoms with Crippen LogP contribution in [0, 0.1) is 0 Å². The molecular weight excluding hydrogens is 242 g/mol. The Morgan fingerprint density at radius 3 is 2.53 bits per heavy atom. The number of benzene rings is 1. The van der Waals surface area contributed by atoms with E-state index in [1.54, 1.807) is 0 Å². The standard InChI is InChI=1S/C14H21N3O2/c1-10(17-19-13-4-2-3-5-13)11-6-8-12(9-7-11)16-14(15)18/h6-10,13,17H,2-5H2,1H3,(H3,15,16,18). The van der Waals surface area contributed by atoms with E-state index in [-0.39, 0.29) is 6.04 Å². The van der Waals surface area contributed by atoms with Crippen LogP contribution in [0.2, 0.25) is 0 Å². The van der Waals surface area contributed by atoms with E-state index in [0.29, 0.717) is 11.8 Å². The van der Waals surface area contributed by atoms with Crippen molar-refractivity contribution in [3.05, 3.63) is 29.8 Å². The van der Waals surface area contributed by atoms with Crippen molar-refractivity contribution in [1.29, 1.82) is 0 Å². The van der Waals surface area contributed by atoms with Crippen LogP contribution >= 0.6 is 0 Å². The molecule has 0 aromatic heterocycles. The lowest BCUT2D eigenvalue weighted by molar-refractivity contribution is -0.0376. The number of hydrogen-bond acceptors (Lipinski definition) is 3. The lowest BCUT2D eigenvalue weighted by Gasteiger charge is -2.18. The average Bonchev–Trinajstić information content (AvgIpc) is 2.89. The second-order valence-corrected chi connectivity index (χ2v) is 4.98. The fourth-order valence-electron chi connectivity index (χ4n) is 2.27. The van der Waals surface area contributed by atoms with Crippen LogP contribution in [0.5, 0.6) is 0 Å². The zero-order chi connectivity index (χ0) is 13.7. The normalized spacial score (nSPS) is 17.3. The number of anilines is 1. The van der Waals surface area contributed by atoms with Gasteiger partial charge < -0.3 is 11.1 Å². The summed E-state index contributed by atoms with van der Waals surface area (Å²) >= 11 is 0. The van der Waals surface area contributed by atoms with E-state index in [2.05, 4.69) is 10.8 Å². The highest BCUT2D eigenvalue weighted by Gasteiger charge is 2.16. The molecule has 1 aliphatic carbocycles. The van der Waals surface area contributed by atoms with Gasteiger partial charge in [-0.1, -0.05) is 25.0 Å². The largest absolute Gasteiger partial charge is 0.351 e. The average molecular weight is 263 g/mol. The van der Waals surface area contributed by atoms with E-state index in [4.69, 9.17) is 10.6 Å². The lowest BCUT2D eigenvalue weighted by Crippen LogP contribution is -2.24. The molecule has 0 saturated heterocycles. The highest BCUT2D eigenvalue weighted by atomic mass is 16.7. The molecule has 1 aromatic carbocycles. The summed E-state index contributed by atoms with van der Waals surface area (Å²) in [6.45, 7) is 2.05. The first-order chi connectivity index (χ1) is 9.15. The summed E-state index contributed by atoms with van der Waals surface area (Å²) < 4.78 is 0. The number of carbonyl (C=O) groups excluding carboxylic acids is 1. The molecule has 104 valence electrons. The molecule has 1 aromatic rings. The topological polar surface area (TPSA) is 76.4 Å². The van der Waals surface area contributed by atoms with Crippen LogP contribution in [0.25, 0.3) is 0 Å². The van der Waals surface area contributed by atoms with Gasteiger partial charge >= 0.3 is 6.03 Å². The number of hydrogen-bond donors (Lipinski definition) is 3. The molecule has 2 rings (SSSR count). The minimum Gasteiger partial charge on any atom is -0.351 e. The Morgan fingerprint density at radius 2 is 1.95 bits per heavy atom. The maximum absolute atomic E-state index is 10.7. The third kappa shape index (κ3) is 4.22. The van der Waals surface area contributed by atoms with Crippen molar-refractivity contribution in [3.63, 3.8) is 0 Å². The van der Waals surface area contributed by atoms with Crippen molar-refractivity contribution in [2.24, 2.45) is 5.73 Å². The molecule has 1 atom stereocenters. The summed E-state index contributed by atoms with van der Waals surface area (Å²) in [6, 6.07) is 7.11. The Kier molecular flexibility index (Phi) is 4.76. The van der Waals surface area contributed by atoms with Crippen LogP contribution < -0.4 is 16.5 Å². The summed E-state index contributed by atoms with van der Waals surface area (Å²) in [7, 11) is 0. The number of amides is 2. The molecule has 19 heavy (non-hydrogen) atoms. The fraction of sp³-hybridized carbons (Fsp3) is 0.500. The van der Waals surface area contributed by atoms with E-state index in [1.165, 1.54) is 12.8 Å². The Labute approximate surface area is 113 Å². The van der Waals surface area contributed by atoms with Crippen LogP contribution in [-0.4, -0.2) is 12.1 Å². The molecule has 1 fully saturated rings. The third-order valence-corrected chi connectivity index (χ3v) is 3.39. The van der Waals surface area contributed by atoms with Crippen molar-refractivity contribution in [3.8, 4) is 0 Å². The Morgan fingerprint density at radius 1 is 1.32 bits per heavy atom. The SMILES string of the molecule is CC(NOC1CCCC1)c1ccc(NC(N)=O)cc1. The molecule has 5 nitrogen and oxygen atoms in total. The maximum Gasteiger partial charge on any atom is 0.316 e. The lowest BCUT2D eigenvalue weighted by atomic mass is 10.1. The second-order valence-electron chi connectivity index (χ2n) is 4.98. The van der Waals surface area contributed by atoms with Gasteiger partial charge in [0.1, 0.15) is 0 Å². The van der Waals surface area contributed by atoms with Gasteiger partial charge in [0.15, 0.2) is 0 Å². The molecule has 1 saturated carbocycles. The molecule has 1 aliphatic rings. The minimum absolute atomic E-state index is 0.114. The van der Waals surface area contributed by atoms with Crippen LogP contribution in [0.4, 0.5) is 10.5 Å². The molecule has 0 radical (unpaired) electrons. The fourth-order valence-corrected chi connectivity index (χ4v) is 2.27. The van der Waals surface area contributed by atoms with Gasteiger partial charge in [-0.2, -0.15) is 5.48 Å². The van der Waals surface area contributed by atoms with Gasteiger partial charge in [-0.25, -0.2) is 4.79 Å². The van der Waals surface area contributed by atoms with Gasteiger partial charge in [-0.05, 0) is 37.5 Å². The van der Waals surface area contributed by atoms with Gasteiger partial charge in [-0.15, -0.1) is 0 Å². The number of primary amides is 1. The Balaban J connectivity index is 1.84. The first kappa shape index (κ1) is 13.8. The number of hydroxylamine groups is 1. The highest BCUT2D eigenvalue weighted by molar-refractivity contribution is 5.87. The molecule has 1 unspecified atom stereocenters. The van der Waals surface area contributed by atoms with E-state index < -0.39 is 6.03 Å². The summed E-state index contributed by atoms with van der Waals surface area (Å²) in [5.74, 6) is 0. The third-order valence-electron chi connectivity index (χ3n) is 3.39. The smallest absolute Gasteiger partial charge is 0.316 e. The molecule has 4 N–H and O–H groups in total. The zero-order valence-electron chi connectivity index (χ0n) is 11.2. The van der Waals surface area contributed by atoms with Crippen molar-refractivity contribution >= 4 is 11.7 Å². The predicted molar refractivity (Wildman–Crippen MR) is 74.5 cm³/mol. The Hall–Kier alpha value is -1.59. The second kappa shape index (κ2) is 6.54. The number of urea groups is 1. The first-order valence-electron chi connectivity index (χ1n) is 6.73. The van der Waals surface area contributed by atoms with Crippen LogP contribution in [0.3, 0.4) is 0 Å². The van der Waals surface area contributed by atoms with Gasteiger partial charge in [0.25, 0.3) is 0 Å². The van der Waals surface area contributed by atoms with E-state index in [0.717, 1.165) is 18.4 Å². The monoisotopic (exact) mass is 263 g/mol. The summed E-state index contributed by atoms with van der Waals surface area (Å²) in [5, 5.41) is 2.53. The molecule has 0 heterocycles. The highest BCUT2D eigenvalue weighted by Crippen LogP contribution is 2.22. The molecule has 5 heteroatoms. The Bertz CT molecular complexity index is 413. The zero-order valence-corrected chi connectivity index (χ0v) is 11.2. The number of nitrogens with two attached hydrogens (primary N) is 1. The maximum atomic E-state index is 10.7. The van der Waals surface area contributed by atoms with Gasteiger partial charge in [-0.3, -0.25) is 4.84 Å². The van der Waals surface area contributed by atoms with Gasteiger partial charge in [0.2, 0.25) is 0 Å². The number of nitrogens with one attached hydrogen (secondary N) is 2. The quantitative estimate of drug-likeness (QED) is 0.715. The number of rotatable bonds is 5.